The van der Waals surface area contributed by atoms with E-state index in [1.807, 2.05) is 24.0 Å². The van der Waals surface area contributed by atoms with Gasteiger partial charge in [0.2, 0.25) is 0 Å². The minimum atomic E-state index is 0.120. The fraction of sp³-hybridized carbons (Fsp3) is 0.474. The molecule has 1 N–H and O–H groups in total. The fourth-order valence-corrected chi connectivity index (χ4v) is 3.77. The van der Waals surface area contributed by atoms with Gasteiger partial charge in [0.25, 0.3) is 0 Å². The number of nitrogens with zero attached hydrogens (tertiary/aromatic N) is 4. The third-order valence-corrected chi connectivity index (χ3v) is 5.16. The Labute approximate surface area is 147 Å². The maximum absolute atomic E-state index is 6.07. The number of hydrogen-bond acceptors (Lipinski definition) is 4. The lowest BCUT2D eigenvalue weighted by Gasteiger charge is -2.32. The van der Waals surface area contributed by atoms with Gasteiger partial charge in [0.05, 0.1) is 23.3 Å². The highest BCUT2D eigenvalue weighted by Crippen LogP contribution is 2.32. The van der Waals surface area contributed by atoms with Crippen molar-refractivity contribution >= 4 is 11.0 Å². The normalized spacial score (nSPS) is 21.0. The second kappa shape index (κ2) is 6.98. The topological polar surface area (TPSA) is 56.9 Å². The van der Waals surface area contributed by atoms with E-state index in [4.69, 9.17) is 9.72 Å². The SMILES string of the molecule is Cn1nccc1[C@@H]1OCCC[C@H]1CNCc1nc2ccccc2n1C. The van der Waals surface area contributed by atoms with Gasteiger partial charge in [0.1, 0.15) is 11.9 Å². The second-order valence-corrected chi connectivity index (χ2v) is 6.78. The number of aromatic nitrogens is 4. The molecule has 2 atom stereocenters. The van der Waals surface area contributed by atoms with E-state index in [2.05, 4.69) is 46.3 Å². The van der Waals surface area contributed by atoms with Gasteiger partial charge in [-0.2, -0.15) is 5.10 Å². The second-order valence-electron chi connectivity index (χ2n) is 6.78. The summed E-state index contributed by atoms with van der Waals surface area (Å²) in [4.78, 5) is 4.73. The summed E-state index contributed by atoms with van der Waals surface area (Å²) in [5.74, 6) is 1.52. The number of benzene rings is 1. The van der Waals surface area contributed by atoms with Crippen molar-refractivity contribution in [2.75, 3.05) is 13.2 Å². The molecule has 0 radical (unpaired) electrons. The van der Waals surface area contributed by atoms with Crippen molar-refractivity contribution < 1.29 is 4.74 Å². The largest absolute Gasteiger partial charge is 0.372 e. The van der Waals surface area contributed by atoms with Crippen LogP contribution in [0.4, 0.5) is 0 Å². The number of para-hydroxylation sites is 2. The first-order valence-corrected chi connectivity index (χ1v) is 8.94. The van der Waals surface area contributed by atoms with Crippen LogP contribution in [0, 0.1) is 5.92 Å². The first-order valence-electron chi connectivity index (χ1n) is 8.94. The van der Waals surface area contributed by atoms with Crippen LogP contribution in [0.15, 0.2) is 36.5 Å². The number of rotatable bonds is 5. The van der Waals surface area contributed by atoms with E-state index in [0.29, 0.717) is 5.92 Å². The molecule has 2 aromatic heterocycles. The standard InChI is InChI=1S/C19H25N5O/c1-23-16-8-4-3-7-15(16)22-18(23)13-20-12-14-6-5-11-25-19(14)17-9-10-21-24(17)2/h3-4,7-10,14,19-20H,5-6,11-13H2,1-2H3/t14-,19+/m0/s1. The zero-order valence-corrected chi connectivity index (χ0v) is 14.9. The highest BCUT2D eigenvalue weighted by atomic mass is 16.5. The van der Waals surface area contributed by atoms with E-state index in [9.17, 15) is 0 Å². The molecule has 1 aliphatic heterocycles. The van der Waals surface area contributed by atoms with Crippen LogP contribution in [-0.4, -0.2) is 32.5 Å². The summed E-state index contributed by atoms with van der Waals surface area (Å²) in [6, 6.07) is 10.3. The highest BCUT2D eigenvalue weighted by Gasteiger charge is 2.29. The van der Waals surface area contributed by atoms with Crippen LogP contribution in [0.3, 0.4) is 0 Å². The maximum atomic E-state index is 6.07. The Bertz CT molecular complexity index is 852. The monoisotopic (exact) mass is 339 g/mol. The number of imidazole rings is 1. The predicted molar refractivity (Wildman–Crippen MR) is 97.0 cm³/mol. The summed E-state index contributed by atoms with van der Waals surface area (Å²) < 4.78 is 10.2. The van der Waals surface area contributed by atoms with Gasteiger partial charge >= 0.3 is 0 Å². The molecule has 6 nitrogen and oxygen atoms in total. The smallest absolute Gasteiger partial charge is 0.123 e. The highest BCUT2D eigenvalue weighted by molar-refractivity contribution is 5.75. The van der Waals surface area contributed by atoms with E-state index in [-0.39, 0.29) is 6.10 Å². The third-order valence-electron chi connectivity index (χ3n) is 5.16. The van der Waals surface area contributed by atoms with Crippen LogP contribution in [0.1, 0.15) is 30.5 Å². The Balaban J connectivity index is 1.43. The molecular formula is C19H25N5O. The summed E-state index contributed by atoms with van der Waals surface area (Å²) in [6.07, 6.45) is 4.25. The van der Waals surface area contributed by atoms with E-state index in [0.717, 1.165) is 43.2 Å². The maximum Gasteiger partial charge on any atom is 0.123 e. The Hall–Kier alpha value is -2.18. The van der Waals surface area contributed by atoms with Crippen molar-refractivity contribution in [3.8, 4) is 0 Å². The van der Waals surface area contributed by atoms with Crippen LogP contribution < -0.4 is 5.32 Å². The zero-order valence-electron chi connectivity index (χ0n) is 14.9. The number of fused-ring (bicyclic) bond motifs is 1. The van der Waals surface area contributed by atoms with Crippen LogP contribution >= 0.6 is 0 Å². The summed E-state index contributed by atoms with van der Waals surface area (Å²) in [5, 5.41) is 7.88. The molecule has 25 heavy (non-hydrogen) atoms. The zero-order chi connectivity index (χ0) is 17.2. The lowest BCUT2D eigenvalue weighted by Crippen LogP contribution is -2.33. The van der Waals surface area contributed by atoms with Gasteiger partial charge in [-0.3, -0.25) is 4.68 Å². The van der Waals surface area contributed by atoms with Crippen molar-refractivity contribution in [2.24, 2.45) is 20.0 Å². The van der Waals surface area contributed by atoms with Crippen molar-refractivity contribution in [1.29, 1.82) is 0 Å². The van der Waals surface area contributed by atoms with Crippen molar-refractivity contribution in [3.05, 3.63) is 48.0 Å². The van der Waals surface area contributed by atoms with Crippen LogP contribution in [0.5, 0.6) is 0 Å². The van der Waals surface area contributed by atoms with E-state index in [1.54, 1.807) is 0 Å². The van der Waals surface area contributed by atoms with Crippen molar-refractivity contribution in [2.45, 2.75) is 25.5 Å². The van der Waals surface area contributed by atoms with Gasteiger partial charge in [-0.1, -0.05) is 12.1 Å². The first kappa shape index (κ1) is 16.3. The summed E-state index contributed by atoms with van der Waals surface area (Å²) >= 11 is 0. The predicted octanol–water partition coefficient (Wildman–Crippen LogP) is 2.56. The van der Waals surface area contributed by atoms with Gasteiger partial charge in [0, 0.05) is 39.4 Å². The quantitative estimate of drug-likeness (QED) is 0.776. The first-order chi connectivity index (χ1) is 12.2. The van der Waals surface area contributed by atoms with Gasteiger partial charge < -0.3 is 14.6 Å². The average Bonchev–Trinajstić information content (AvgIpc) is 3.20. The van der Waals surface area contributed by atoms with E-state index in [1.165, 1.54) is 11.9 Å². The molecule has 4 rings (SSSR count). The molecule has 3 aromatic rings. The Morgan fingerprint density at radius 2 is 2.12 bits per heavy atom. The molecule has 1 fully saturated rings. The van der Waals surface area contributed by atoms with Crippen LogP contribution in [-0.2, 0) is 25.4 Å². The molecule has 1 aliphatic rings. The number of ether oxygens (including phenoxy) is 1. The Morgan fingerprint density at radius 3 is 2.92 bits per heavy atom. The third kappa shape index (κ3) is 3.19. The van der Waals surface area contributed by atoms with Crippen LogP contribution in [0.25, 0.3) is 11.0 Å². The molecule has 0 bridgehead atoms. The minimum Gasteiger partial charge on any atom is -0.372 e. The molecule has 0 aliphatic carbocycles. The molecule has 1 saturated heterocycles. The minimum absolute atomic E-state index is 0.120. The van der Waals surface area contributed by atoms with Gasteiger partial charge in [-0.25, -0.2) is 4.98 Å². The van der Waals surface area contributed by atoms with E-state index < -0.39 is 0 Å². The van der Waals surface area contributed by atoms with Gasteiger partial charge in [-0.15, -0.1) is 0 Å². The molecule has 132 valence electrons. The molecule has 3 heterocycles. The lowest BCUT2D eigenvalue weighted by atomic mass is 9.92. The van der Waals surface area contributed by atoms with Gasteiger partial charge in [-0.05, 0) is 31.0 Å². The molecule has 0 saturated carbocycles. The van der Waals surface area contributed by atoms with Crippen LogP contribution in [0.2, 0.25) is 0 Å². The Kier molecular flexibility index (Phi) is 4.55. The molecule has 0 unspecified atom stereocenters. The molecule has 0 amide bonds. The lowest BCUT2D eigenvalue weighted by molar-refractivity contribution is -0.0324. The van der Waals surface area contributed by atoms with Crippen molar-refractivity contribution in [3.63, 3.8) is 0 Å². The van der Waals surface area contributed by atoms with Crippen molar-refractivity contribution in [1.82, 2.24) is 24.6 Å². The molecule has 1 aromatic carbocycles. The average molecular weight is 339 g/mol. The summed E-state index contributed by atoms with van der Waals surface area (Å²) in [5.41, 5.74) is 3.39. The number of aryl methyl sites for hydroxylation is 2. The molecular weight excluding hydrogens is 314 g/mol. The number of hydrogen-bond donors (Lipinski definition) is 1. The molecule has 6 heteroatoms. The molecule has 0 spiro atoms. The van der Waals surface area contributed by atoms with E-state index >= 15 is 0 Å². The summed E-state index contributed by atoms with van der Waals surface area (Å²) in [7, 11) is 4.06. The number of nitrogens with one attached hydrogen (secondary N) is 1. The summed E-state index contributed by atoms with van der Waals surface area (Å²) in [6.45, 7) is 2.51. The Morgan fingerprint density at radius 1 is 1.24 bits per heavy atom. The van der Waals surface area contributed by atoms with Gasteiger partial charge in [0.15, 0.2) is 0 Å². The fourth-order valence-electron chi connectivity index (χ4n) is 3.77.